The van der Waals surface area contributed by atoms with Crippen LogP contribution in [0.4, 0.5) is 0 Å². The molecular weight excluding hydrogens is 410 g/mol. The summed E-state index contributed by atoms with van der Waals surface area (Å²) in [6.07, 6.45) is 3.62. The number of H-pyrrole nitrogens is 1. The van der Waals surface area contributed by atoms with E-state index in [0.717, 1.165) is 32.4 Å². The van der Waals surface area contributed by atoms with Gasteiger partial charge in [-0.3, -0.25) is 0 Å². The Kier molecular flexibility index (Phi) is 4.58. The monoisotopic (exact) mass is 427 g/mol. The number of benzene rings is 1. The zero-order valence-corrected chi connectivity index (χ0v) is 17.1. The molecule has 0 saturated heterocycles. The van der Waals surface area contributed by atoms with Gasteiger partial charge in [0.1, 0.15) is 5.82 Å². The fourth-order valence-corrected chi connectivity index (χ4v) is 4.18. The number of halogens is 1. The molecule has 4 aromatic rings. The molecule has 0 bridgehead atoms. The first kappa shape index (κ1) is 17.3. The summed E-state index contributed by atoms with van der Waals surface area (Å²) in [5.74, 6) is 0.895. The Balaban J connectivity index is 1.75. The van der Waals surface area contributed by atoms with Crippen molar-refractivity contribution in [3.05, 3.63) is 75.4 Å². The van der Waals surface area contributed by atoms with Crippen LogP contribution < -0.4 is 0 Å². The van der Waals surface area contributed by atoms with Gasteiger partial charge in [-0.25, -0.2) is 14.5 Å². The fraction of sp³-hybridized carbons (Fsp3) is 0.211. The topological polar surface area (TPSA) is 58.9 Å². The van der Waals surface area contributed by atoms with Crippen LogP contribution in [0.1, 0.15) is 33.5 Å². The Morgan fingerprint density at radius 3 is 2.62 bits per heavy atom. The van der Waals surface area contributed by atoms with Crippen LogP contribution in [-0.4, -0.2) is 24.6 Å². The van der Waals surface area contributed by atoms with E-state index in [1.54, 1.807) is 18.0 Å². The molecule has 0 amide bonds. The lowest BCUT2D eigenvalue weighted by Gasteiger charge is -2.13. The number of nitrogens with zero attached hydrogens (tertiary/aromatic N) is 4. The smallest absolute Gasteiger partial charge is 0.210 e. The molecule has 7 heteroatoms. The standard InChI is InChI=1S/C19H18BrN5S/c1-11-4-6-14(7-5-11)17(18-21-8-9-22-18)26-19-23-15-10-12(2)16(20)13(3)25(15)24-19/h4-10,17H,1-3H3,(H,21,22). The quantitative estimate of drug-likeness (QED) is 0.464. The number of aromatic amines is 1. The van der Waals surface area contributed by atoms with Crippen LogP contribution in [0, 0.1) is 20.8 Å². The van der Waals surface area contributed by atoms with Gasteiger partial charge < -0.3 is 4.98 Å². The number of pyridine rings is 1. The van der Waals surface area contributed by atoms with Crippen LogP contribution in [-0.2, 0) is 0 Å². The van der Waals surface area contributed by atoms with E-state index < -0.39 is 0 Å². The summed E-state index contributed by atoms with van der Waals surface area (Å²) >= 11 is 5.22. The van der Waals surface area contributed by atoms with Gasteiger partial charge in [-0.15, -0.1) is 5.10 Å². The van der Waals surface area contributed by atoms with E-state index in [0.29, 0.717) is 0 Å². The number of aromatic nitrogens is 5. The van der Waals surface area contributed by atoms with E-state index in [1.165, 1.54) is 11.1 Å². The summed E-state index contributed by atoms with van der Waals surface area (Å²) in [7, 11) is 0. The van der Waals surface area contributed by atoms with Crippen molar-refractivity contribution in [3.63, 3.8) is 0 Å². The Morgan fingerprint density at radius 2 is 1.92 bits per heavy atom. The molecule has 132 valence electrons. The molecular formula is C19H18BrN5S. The highest BCUT2D eigenvalue weighted by Crippen LogP contribution is 2.38. The summed E-state index contributed by atoms with van der Waals surface area (Å²) in [5.41, 5.74) is 5.46. The second kappa shape index (κ2) is 6.89. The van der Waals surface area contributed by atoms with Gasteiger partial charge >= 0.3 is 0 Å². The summed E-state index contributed by atoms with van der Waals surface area (Å²) < 4.78 is 2.95. The molecule has 0 aliphatic rings. The summed E-state index contributed by atoms with van der Waals surface area (Å²) in [4.78, 5) is 12.4. The van der Waals surface area contributed by atoms with E-state index in [-0.39, 0.29) is 5.25 Å². The molecule has 1 unspecified atom stereocenters. The van der Waals surface area contributed by atoms with Crippen molar-refractivity contribution in [2.24, 2.45) is 0 Å². The Bertz CT molecular complexity index is 1050. The molecule has 1 atom stereocenters. The van der Waals surface area contributed by atoms with Crippen molar-refractivity contribution in [1.29, 1.82) is 0 Å². The number of hydrogen-bond donors (Lipinski definition) is 1. The molecule has 0 saturated carbocycles. The first-order valence-corrected chi connectivity index (χ1v) is 9.95. The first-order chi connectivity index (χ1) is 12.5. The van der Waals surface area contributed by atoms with Gasteiger partial charge in [-0.05, 0) is 53.9 Å². The molecule has 3 heterocycles. The fourth-order valence-electron chi connectivity index (χ4n) is 2.88. The Hall–Kier alpha value is -2.12. The van der Waals surface area contributed by atoms with E-state index in [4.69, 9.17) is 10.1 Å². The first-order valence-electron chi connectivity index (χ1n) is 8.28. The van der Waals surface area contributed by atoms with Crippen LogP contribution in [0.3, 0.4) is 0 Å². The predicted molar refractivity (Wildman–Crippen MR) is 108 cm³/mol. The normalized spacial score (nSPS) is 12.6. The van der Waals surface area contributed by atoms with Crippen LogP contribution >= 0.6 is 27.7 Å². The van der Waals surface area contributed by atoms with Gasteiger partial charge in [0.05, 0.1) is 10.9 Å². The van der Waals surface area contributed by atoms with Crippen molar-refractivity contribution in [3.8, 4) is 0 Å². The average molecular weight is 428 g/mol. The minimum absolute atomic E-state index is 0.00727. The van der Waals surface area contributed by atoms with Gasteiger partial charge in [-0.1, -0.05) is 41.6 Å². The second-order valence-electron chi connectivity index (χ2n) is 6.27. The van der Waals surface area contributed by atoms with Gasteiger partial charge in [0.15, 0.2) is 5.65 Å². The molecule has 0 radical (unpaired) electrons. The van der Waals surface area contributed by atoms with Crippen molar-refractivity contribution < 1.29 is 0 Å². The summed E-state index contributed by atoms with van der Waals surface area (Å²) in [6.45, 7) is 6.19. The zero-order valence-electron chi connectivity index (χ0n) is 14.7. The van der Waals surface area contributed by atoms with Crippen LogP contribution in [0.2, 0.25) is 0 Å². The predicted octanol–water partition coefficient (Wildman–Crippen LogP) is 5.02. The highest BCUT2D eigenvalue weighted by Gasteiger charge is 2.21. The van der Waals surface area contributed by atoms with E-state index in [2.05, 4.69) is 64.0 Å². The maximum atomic E-state index is 4.72. The Labute approximate surface area is 164 Å². The third-order valence-corrected chi connectivity index (χ3v) is 6.63. The number of fused-ring (bicyclic) bond motifs is 1. The molecule has 4 rings (SSSR count). The largest absolute Gasteiger partial charge is 0.347 e. The lowest BCUT2D eigenvalue weighted by Crippen LogP contribution is -2.00. The van der Waals surface area contributed by atoms with Crippen molar-refractivity contribution >= 4 is 33.3 Å². The SMILES string of the molecule is Cc1ccc(C(Sc2nc3cc(C)c(Br)c(C)n3n2)c2ncc[nH]2)cc1. The maximum Gasteiger partial charge on any atom is 0.210 e. The number of aryl methyl sites for hydroxylation is 3. The number of hydrogen-bond acceptors (Lipinski definition) is 4. The van der Waals surface area contributed by atoms with Gasteiger partial charge in [0, 0.05) is 16.9 Å². The molecule has 0 aliphatic carbocycles. The second-order valence-corrected chi connectivity index (χ2v) is 8.14. The molecule has 0 fully saturated rings. The number of rotatable bonds is 4. The van der Waals surface area contributed by atoms with Crippen LogP contribution in [0.25, 0.3) is 5.65 Å². The van der Waals surface area contributed by atoms with Gasteiger partial charge in [0.25, 0.3) is 0 Å². The highest BCUT2D eigenvalue weighted by molar-refractivity contribution is 9.10. The molecule has 1 N–H and O–H groups in total. The third-order valence-electron chi connectivity index (χ3n) is 4.31. The van der Waals surface area contributed by atoms with Crippen LogP contribution in [0.5, 0.6) is 0 Å². The van der Waals surface area contributed by atoms with Crippen molar-refractivity contribution in [2.45, 2.75) is 31.2 Å². The average Bonchev–Trinajstić information content (AvgIpc) is 3.28. The van der Waals surface area contributed by atoms with Crippen molar-refractivity contribution in [2.75, 3.05) is 0 Å². The number of thioether (sulfide) groups is 1. The number of nitrogens with one attached hydrogen (secondary N) is 1. The Morgan fingerprint density at radius 1 is 1.15 bits per heavy atom. The lowest BCUT2D eigenvalue weighted by molar-refractivity contribution is 0.847. The molecule has 26 heavy (non-hydrogen) atoms. The molecule has 5 nitrogen and oxygen atoms in total. The van der Waals surface area contributed by atoms with Crippen molar-refractivity contribution in [1.82, 2.24) is 24.6 Å². The summed E-state index contributed by atoms with van der Waals surface area (Å²) in [6, 6.07) is 10.6. The minimum Gasteiger partial charge on any atom is -0.347 e. The lowest BCUT2D eigenvalue weighted by atomic mass is 10.1. The van der Waals surface area contributed by atoms with Gasteiger partial charge in [-0.2, -0.15) is 0 Å². The van der Waals surface area contributed by atoms with Gasteiger partial charge in [0.2, 0.25) is 5.16 Å². The molecule has 0 aliphatic heterocycles. The van der Waals surface area contributed by atoms with E-state index in [1.807, 2.05) is 23.7 Å². The summed E-state index contributed by atoms with van der Waals surface area (Å²) in [5, 5.41) is 5.44. The number of imidazole rings is 1. The zero-order chi connectivity index (χ0) is 18.3. The third kappa shape index (κ3) is 3.17. The minimum atomic E-state index is 0.00727. The molecule has 1 aromatic carbocycles. The molecule has 0 spiro atoms. The van der Waals surface area contributed by atoms with Crippen LogP contribution in [0.15, 0.2) is 52.4 Å². The maximum absolute atomic E-state index is 4.72. The highest BCUT2D eigenvalue weighted by atomic mass is 79.9. The molecule has 3 aromatic heterocycles. The van der Waals surface area contributed by atoms with E-state index in [9.17, 15) is 0 Å². The van der Waals surface area contributed by atoms with E-state index >= 15 is 0 Å².